The quantitative estimate of drug-likeness (QED) is 0.731. The maximum Gasteiger partial charge on any atom is 0.133 e. The number of ether oxygens (including phenoxy) is 1. The number of methoxy groups -OCH3 is 1. The second kappa shape index (κ2) is 3.95. The summed E-state index contributed by atoms with van der Waals surface area (Å²) in [5.41, 5.74) is 1.04. The number of hydrogen-bond acceptors (Lipinski definition) is 3. The fourth-order valence-electron chi connectivity index (χ4n) is 1.43. The first-order valence-corrected chi connectivity index (χ1v) is 5.34. The van der Waals surface area contributed by atoms with E-state index in [-0.39, 0.29) is 5.82 Å². The zero-order valence-electron chi connectivity index (χ0n) is 8.08. The van der Waals surface area contributed by atoms with E-state index in [2.05, 4.69) is 0 Å². The highest BCUT2D eigenvalue weighted by Gasteiger charge is 2.18. The number of fused-ring (bicyclic) bond motifs is 1. The summed E-state index contributed by atoms with van der Waals surface area (Å²) in [7, 11) is 1.55. The molecule has 0 fully saturated rings. The summed E-state index contributed by atoms with van der Waals surface area (Å²) in [6.07, 6.45) is 1.59. The Balaban J connectivity index is 2.61. The zero-order valence-corrected chi connectivity index (χ0v) is 8.90. The van der Waals surface area contributed by atoms with Crippen molar-refractivity contribution in [3.8, 4) is 11.8 Å². The van der Waals surface area contributed by atoms with Gasteiger partial charge < -0.3 is 4.74 Å². The molecule has 1 heterocycles. The van der Waals surface area contributed by atoms with Gasteiger partial charge in [0.15, 0.2) is 0 Å². The lowest BCUT2D eigenvalue weighted by molar-refractivity contribution is 0.403. The molecule has 0 N–H and O–H groups in total. The second-order valence-corrected chi connectivity index (χ2v) is 4.05. The van der Waals surface area contributed by atoms with E-state index >= 15 is 0 Å². The molecule has 1 aliphatic heterocycles. The fraction of sp³-hybridized carbons (Fsp3) is 0.182. The van der Waals surface area contributed by atoms with Crippen LogP contribution in [0.1, 0.15) is 5.56 Å². The molecule has 0 amide bonds. The van der Waals surface area contributed by atoms with Gasteiger partial charge in [-0.1, -0.05) is 0 Å². The molecule has 2 rings (SSSR count). The molecule has 0 atom stereocenters. The minimum Gasteiger partial charge on any atom is -0.496 e. The van der Waals surface area contributed by atoms with Gasteiger partial charge in [0.25, 0.3) is 0 Å². The van der Waals surface area contributed by atoms with E-state index < -0.39 is 0 Å². The van der Waals surface area contributed by atoms with E-state index in [9.17, 15) is 4.39 Å². The summed E-state index contributed by atoms with van der Waals surface area (Å²) >= 11 is 1.43. The summed E-state index contributed by atoms with van der Waals surface area (Å²) in [4.78, 5) is 0.775. The molecule has 0 bridgehead atoms. The maximum absolute atomic E-state index is 13.5. The Bertz CT molecular complexity index is 476. The van der Waals surface area contributed by atoms with Crippen LogP contribution in [0.5, 0.6) is 5.75 Å². The Kier molecular flexibility index (Phi) is 2.65. The van der Waals surface area contributed by atoms with Gasteiger partial charge in [-0.2, -0.15) is 5.26 Å². The summed E-state index contributed by atoms with van der Waals surface area (Å²) < 4.78 is 18.6. The summed E-state index contributed by atoms with van der Waals surface area (Å²) in [6, 6.07) is 5.00. The van der Waals surface area contributed by atoms with Crippen molar-refractivity contribution >= 4 is 17.8 Å². The van der Waals surface area contributed by atoms with Gasteiger partial charge in [-0.25, -0.2) is 4.39 Å². The van der Waals surface area contributed by atoms with E-state index in [0.717, 1.165) is 4.90 Å². The van der Waals surface area contributed by atoms with Gasteiger partial charge in [0, 0.05) is 16.9 Å². The summed E-state index contributed by atoms with van der Waals surface area (Å²) in [5.74, 6) is 0.916. The van der Waals surface area contributed by atoms with Gasteiger partial charge in [-0.3, -0.25) is 0 Å². The first-order valence-electron chi connectivity index (χ1n) is 4.36. The largest absolute Gasteiger partial charge is 0.496 e. The lowest BCUT2D eigenvalue weighted by atomic mass is 10.1. The number of hydrogen-bond donors (Lipinski definition) is 0. The predicted octanol–water partition coefficient (Wildman–Crippen LogP) is 2.85. The fourth-order valence-corrected chi connectivity index (χ4v) is 2.48. The molecule has 0 aliphatic carbocycles. The molecule has 2 nitrogen and oxygen atoms in total. The Morgan fingerprint density at radius 3 is 3.00 bits per heavy atom. The average molecular weight is 221 g/mol. The molecule has 0 saturated heterocycles. The van der Waals surface area contributed by atoms with Crippen LogP contribution in [0.4, 0.5) is 4.39 Å². The first kappa shape index (κ1) is 10.1. The molecule has 4 heteroatoms. The number of thioether (sulfide) groups is 1. The van der Waals surface area contributed by atoms with Gasteiger partial charge in [0.05, 0.1) is 18.1 Å². The van der Waals surface area contributed by atoms with Crippen LogP contribution in [0.15, 0.2) is 22.6 Å². The van der Waals surface area contributed by atoms with E-state index in [1.165, 1.54) is 17.8 Å². The van der Waals surface area contributed by atoms with Crippen molar-refractivity contribution in [2.24, 2.45) is 0 Å². The third-order valence-corrected chi connectivity index (χ3v) is 3.33. The maximum atomic E-state index is 13.5. The van der Waals surface area contributed by atoms with Gasteiger partial charge in [0.1, 0.15) is 11.6 Å². The van der Waals surface area contributed by atoms with E-state index in [0.29, 0.717) is 22.6 Å². The Hall–Kier alpha value is -1.47. The number of rotatable bonds is 1. The van der Waals surface area contributed by atoms with Gasteiger partial charge >= 0.3 is 0 Å². The highest BCUT2D eigenvalue weighted by molar-refractivity contribution is 7.99. The van der Waals surface area contributed by atoms with Crippen LogP contribution in [0.3, 0.4) is 0 Å². The molecule has 76 valence electrons. The number of halogens is 1. The first-order chi connectivity index (χ1) is 7.26. The Labute approximate surface area is 91.4 Å². The van der Waals surface area contributed by atoms with Gasteiger partial charge in [0.2, 0.25) is 0 Å². The van der Waals surface area contributed by atoms with Crippen molar-refractivity contribution in [2.75, 3.05) is 12.9 Å². The molecular weight excluding hydrogens is 213 g/mol. The van der Waals surface area contributed by atoms with Crippen LogP contribution in [0.25, 0.3) is 6.08 Å². The van der Waals surface area contributed by atoms with E-state index in [1.54, 1.807) is 19.3 Å². The highest BCUT2D eigenvalue weighted by atomic mass is 32.2. The SMILES string of the molecule is COc1ccc(F)c2c1SCC(C#N)=C2. The van der Waals surface area contributed by atoms with Crippen molar-refractivity contribution in [3.05, 3.63) is 29.1 Å². The van der Waals surface area contributed by atoms with Crippen LogP contribution in [-0.2, 0) is 0 Å². The minimum atomic E-state index is -0.314. The Morgan fingerprint density at radius 2 is 2.33 bits per heavy atom. The van der Waals surface area contributed by atoms with Crippen LogP contribution in [0.2, 0.25) is 0 Å². The number of nitriles is 1. The third kappa shape index (κ3) is 1.71. The van der Waals surface area contributed by atoms with Crippen LogP contribution in [-0.4, -0.2) is 12.9 Å². The third-order valence-electron chi connectivity index (χ3n) is 2.16. The van der Waals surface area contributed by atoms with Crippen LogP contribution >= 0.6 is 11.8 Å². The van der Waals surface area contributed by atoms with E-state index in [4.69, 9.17) is 10.00 Å². The Morgan fingerprint density at radius 1 is 1.53 bits per heavy atom. The molecule has 15 heavy (non-hydrogen) atoms. The van der Waals surface area contributed by atoms with Crippen molar-refractivity contribution in [3.63, 3.8) is 0 Å². The van der Waals surface area contributed by atoms with Crippen molar-refractivity contribution in [2.45, 2.75) is 4.90 Å². The normalized spacial score (nSPS) is 13.8. The van der Waals surface area contributed by atoms with Crippen LogP contribution in [0, 0.1) is 17.1 Å². The molecule has 1 aromatic rings. The molecule has 0 spiro atoms. The minimum absolute atomic E-state index is 0.314. The molecule has 0 saturated carbocycles. The van der Waals surface area contributed by atoms with Crippen molar-refractivity contribution in [1.29, 1.82) is 5.26 Å². The zero-order chi connectivity index (χ0) is 10.8. The number of benzene rings is 1. The summed E-state index contributed by atoms with van der Waals surface area (Å²) in [6.45, 7) is 0. The molecule has 1 aromatic carbocycles. The van der Waals surface area contributed by atoms with Crippen molar-refractivity contribution in [1.82, 2.24) is 0 Å². The predicted molar refractivity (Wildman–Crippen MR) is 57.3 cm³/mol. The number of nitrogens with zero attached hydrogens (tertiary/aromatic N) is 1. The van der Waals surface area contributed by atoms with Crippen molar-refractivity contribution < 1.29 is 9.13 Å². The highest BCUT2D eigenvalue weighted by Crippen LogP contribution is 2.39. The topological polar surface area (TPSA) is 33.0 Å². The molecule has 0 radical (unpaired) electrons. The van der Waals surface area contributed by atoms with E-state index in [1.807, 2.05) is 6.07 Å². The van der Waals surface area contributed by atoms with Crippen LogP contribution < -0.4 is 4.74 Å². The van der Waals surface area contributed by atoms with Gasteiger partial charge in [-0.05, 0) is 18.2 Å². The molecule has 0 aromatic heterocycles. The molecular formula is C11H8FNOS. The monoisotopic (exact) mass is 221 g/mol. The average Bonchev–Trinajstić information content (AvgIpc) is 2.29. The lowest BCUT2D eigenvalue weighted by Crippen LogP contribution is -1.99. The molecule has 1 aliphatic rings. The second-order valence-electron chi connectivity index (χ2n) is 3.06. The van der Waals surface area contributed by atoms with Gasteiger partial charge in [-0.15, -0.1) is 11.8 Å². The standard InChI is InChI=1S/C11H8FNOS/c1-14-10-3-2-9(12)8-4-7(5-13)6-15-11(8)10/h2-4H,6H2,1H3. The molecule has 0 unspecified atom stereocenters. The smallest absolute Gasteiger partial charge is 0.133 e. The lowest BCUT2D eigenvalue weighted by Gasteiger charge is -2.15. The summed E-state index contributed by atoms with van der Waals surface area (Å²) in [5, 5.41) is 8.75.